The van der Waals surface area contributed by atoms with Crippen molar-refractivity contribution in [3.8, 4) is 0 Å². The van der Waals surface area contributed by atoms with Crippen molar-refractivity contribution < 1.29 is 4.79 Å². The molecule has 0 aliphatic carbocycles. The SMILES string of the molecule is Nc1ccc(C(=O)CC2CCN(Cc3ccccc3)CC2)cc1. The molecule has 1 saturated heterocycles. The number of carbonyl (C=O) groups excluding carboxylic acids is 1. The molecular weight excluding hydrogens is 284 g/mol. The average Bonchev–Trinajstić information content (AvgIpc) is 2.58. The lowest BCUT2D eigenvalue weighted by Gasteiger charge is -2.31. The van der Waals surface area contributed by atoms with Crippen LogP contribution < -0.4 is 5.73 Å². The molecule has 1 aliphatic rings. The molecule has 2 aromatic rings. The van der Waals surface area contributed by atoms with Crippen molar-refractivity contribution in [1.29, 1.82) is 0 Å². The summed E-state index contributed by atoms with van der Waals surface area (Å²) in [6.07, 6.45) is 2.87. The van der Waals surface area contributed by atoms with E-state index in [0.717, 1.165) is 38.0 Å². The standard InChI is InChI=1S/C20H24N2O/c21-19-8-6-18(7-9-19)20(23)14-16-10-12-22(13-11-16)15-17-4-2-1-3-5-17/h1-9,16H,10-15,21H2. The number of hydrogen-bond donors (Lipinski definition) is 1. The number of carbonyl (C=O) groups is 1. The molecule has 2 N–H and O–H groups in total. The number of piperidine rings is 1. The molecule has 0 atom stereocenters. The first kappa shape index (κ1) is 15.8. The minimum Gasteiger partial charge on any atom is -0.399 e. The second kappa shape index (κ2) is 7.42. The molecule has 1 aliphatic heterocycles. The van der Waals surface area contributed by atoms with E-state index in [2.05, 4.69) is 35.2 Å². The zero-order valence-corrected chi connectivity index (χ0v) is 13.4. The van der Waals surface area contributed by atoms with E-state index in [9.17, 15) is 4.79 Å². The number of nitrogens with two attached hydrogens (primary N) is 1. The van der Waals surface area contributed by atoms with Crippen LogP contribution >= 0.6 is 0 Å². The maximum Gasteiger partial charge on any atom is 0.163 e. The van der Waals surface area contributed by atoms with Crippen LogP contribution in [0, 0.1) is 5.92 Å². The van der Waals surface area contributed by atoms with E-state index < -0.39 is 0 Å². The van der Waals surface area contributed by atoms with E-state index in [1.807, 2.05) is 12.1 Å². The first-order chi connectivity index (χ1) is 11.2. The van der Waals surface area contributed by atoms with Gasteiger partial charge in [-0.15, -0.1) is 0 Å². The fourth-order valence-electron chi connectivity index (χ4n) is 3.24. The summed E-state index contributed by atoms with van der Waals surface area (Å²) in [4.78, 5) is 14.8. The molecule has 1 fully saturated rings. The van der Waals surface area contributed by atoms with Gasteiger partial charge >= 0.3 is 0 Å². The quantitative estimate of drug-likeness (QED) is 0.676. The minimum atomic E-state index is 0.242. The summed E-state index contributed by atoms with van der Waals surface area (Å²) in [6.45, 7) is 3.17. The van der Waals surface area contributed by atoms with Crippen LogP contribution in [0.1, 0.15) is 35.2 Å². The third kappa shape index (κ3) is 4.42. The monoisotopic (exact) mass is 308 g/mol. The summed E-state index contributed by atoms with van der Waals surface area (Å²) >= 11 is 0. The molecular formula is C20H24N2O. The van der Waals surface area contributed by atoms with E-state index >= 15 is 0 Å². The first-order valence-corrected chi connectivity index (χ1v) is 8.36. The Morgan fingerprint density at radius 1 is 1.00 bits per heavy atom. The van der Waals surface area contributed by atoms with Gasteiger partial charge in [0.25, 0.3) is 0 Å². The van der Waals surface area contributed by atoms with Crippen molar-refractivity contribution >= 4 is 11.5 Å². The van der Waals surface area contributed by atoms with E-state index in [-0.39, 0.29) is 5.78 Å². The third-order valence-electron chi connectivity index (χ3n) is 4.66. The highest BCUT2D eigenvalue weighted by Crippen LogP contribution is 2.23. The Morgan fingerprint density at radius 3 is 2.30 bits per heavy atom. The first-order valence-electron chi connectivity index (χ1n) is 8.36. The lowest BCUT2D eigenvalue weighted by atomic mass is 9.89. The van der Waals surface area contributed by atoms with Crippen molar-refractivity contribution in [1.82, 2.24) is 4.90 Å². The second-order valence-electron chi connectivity index (χ2n) is 6.45. The number of Topliss-reactive ketones (excluding diaryl/α,β-unsaturated/α-hetero) is 1. The molecule has 1 heterocycles. The van der Waals surface area contributed by atoms with E-state index in [4.69, 9.17) is 5.73 Å². The van der Waals surface area contributed by atoms with Crippen LogP contribution in [-0.2, 0) is 6.54 Å². The van der Waals surface area contributed by atoms with E-state index in [1.165, 1.54) is 5.56 Å². The van der Waals surface area contributed by atoms with Gasteiger partial charge in [-0.3, -0.25) is 9.69 Å². The summed E-state index contributed by atoms with van der Waals surface area (Å²) in [5, 5.41) is 0. The summed E-state index contributed by atoms with van der Waals surface area (Å²) in [7, 11) is 0. The molecule has 120 valence electrons. The molecule has 0 amide bonds. The fourth-order valence-corrected chi connectivity index (χ4v) is 3.24. The summed E-state index contributed by atoms with van der Waals surface area (Å²) in [5.74, 6) is 0.749. The van der Waals surface area contributed by atoms with Crippen molar-refractivity contribution in [2.24, 2.45) is 5.92 Å². The molecule has 3 rings (SSSR count). The fraction of sp³-hybridized carbons (Fsp3) is 0.350. The van der Waals surface area contributed by atoms with Crippen LogP contribution in [0.4, 0.5) is 5.69 Å². The lowest BCUT2D eigenvalue weighted by molar-refractivity contribution is 0.0925. The average molecular weight is 308 g/mol. The van der Waals surface area contributed by atoms with Crippen molar-refractivity contribution in [2.75, 3.05) is 18.8 Å². The Balaban J connectivity index is 1.47. The van der Waals surface area contributed by atoms with Crippen LogP contribution in [0.15, 0.2) is 54.6 Å². The van der Waals surface area contributed by atoms with E-state index in [1.54, 1.807) is 12.1 Å². The summed E-state index contributed by atoms with van der Waals surface area (Å²) < 4.78 is 0. The van der Waals surface area contributed by atoms with Gasteiger partial charge in [-0.1, -0.05) is 30.3 Å². The van der Waals surface area contributed by atoms with Gasteiger partial charge in [0.1, 0.15) is 0 Å². The van der Waals surface area contributed by atoms with Gasteiger partial charge in [-0.2, -0.15) is 0 Å². The topological polar surface area (TPSA) is 46.3 Å². The van der Waals surface area contributed by atoms with Crippen molar-refractivity contribution in [3.05, 3.63) is 65.7 Å². The Bertz CT molecular complexity index is 628. The summed E-state index contributed by atoms with van der Waals surface area (Å²) in [5.41, 5.74) is 8.53. The molecule has 23 heavy (non-hydrogen) atoms. The number of nitrogens with zero attached hydrogens (tertiary/aromatic N) is 1. The molecule has 3 heteroatoms. The zero-order chi connectivity index (χ0) is 16.1. The number of hydrogen-bond acceptors (Lipinski definition) is 3. The number of likely N-dealkylation sites (tertiary alicyclic amines) is 1. The summed E-state index contributed by atoms with van der Waals surface area (Å²) in [6, 6.07) is 17.9. The van der Waals surface area contributed by atoms with Crippen molar-refractivity contribution in [2.45, 2.75) is 25.8 Å². The van der Waals surface area contributed by atoms with Crippen LogP contribution in [0.25, 0.3) is 0 Å². The van der Waals surface area contributed by atoms with Gasteiger partial charge in [0.2, 0.25) is 0 Å². The molecule has 0 saturated carbocycles. The normalized spacial score (nSPS) is 16.3. The predicted octanol–water partition coefficient (Wildman–Crippen LogP) is 3.75. The van der Waals surface area contributed by atoms with Gasteiger partial charge in [-0.05, 0) is 61.7 Å². The maximum absolute atomic E-state index is 12.3. The van der Waals surface area contributed by atoms with E-state index in [0.29, 0.717) is 18.0 Å². The van der Waals surface area contributed by atoms with Gasteiger partial charge in [0.15, 0.2) is 5.78 Å². The van der Waals surface area contributed by atoms with Gasteiger partial charge in [0.05, 0.1) is 0 Å². The maximum atomic E-state index is 12.3. The number of rotatable bonds is 5. The Kier molecular flexibility index (Phi) is 5.09. The Morgan fingerprint density at radius 2 is 1.65 bits per heavy atom. The van der Waals surface area contributed by atoms with Gasteiger partial charge < -0.3 is 5.73 Å². The van der Waals surface area contributed by atoms with Crippen LogP contribution in [0.5, 0.6) is 0 Å². The van der Waals surface area contributed by atoms with Crippen LogP contribution in [0.3, 0.4) is 0 Å². The zero-order valence-electron chi connectivity index (χ0n) is 13.4. The highest BCUT2D eigenvalue weighted by atomic mass is 16.1. The molecule has 0 unspecified atom stereocenters. The number of ketones is 1. The number of nitrogen functional groups attached to an aromatic ring is 1. The highest BCUT2D eigenvalue weighted by molar-refractivity contribution is 5.96. The van der Waals surface area contributed by atoms with Crippen LogP contribution in [-0.4, -0.2) is 23.8 Å². The molecule has 3 nitrogen and oxygen atoms in total. The highest BCUT2D eigenvalue weighted by Gasteiger charge is 2.22. The van der Waals surface area contributed by atoms with Gasteiger partial charge in [-0.25, -0.2) is 0 Å². The molecule has 0 radical (unpaired) electrons. The Labute approximate surface area is 138 Å². The molecule has 0 aromatic heterocycles. The molecule has 0 spiro atoms. The van der Waals surface area contributed by atoms with Crippen molar-refractivity contribution in [3.63, 3.8) is 0 Å². The van der Waals surface area contributed by atoms with Gasteiger partial charge in [0, 0.05) is 24.2 Å². The molecule has 2 aromatic carbocycles. The Hall–Kier alpha value is -2.13. The number of benzene rings is 2. The lowest BCUT2D eigenvalue weighted by Crippen LogP contribution is -2.33. The largest absolute Gasteiger partial charge is 0.399 e. The van der Waals surface area contributed by atoms with Crippen LogP contribution in [0.2, 0.25) is 0 Å². The molecule has 0 bridgehead atoms. The second-order valence-corrected chi connectivity index (χ2v) is 6.45. The smallest absolute Gasteiger partial charge is 0.163 e. The third-order valence-corrected chi connectivity index (χ3v) is 4.66. The minimum absolute atomic E-state index is 0.242. The number of anilines is 1. The predicted molar refractivity (Wildman–Crippen MR) is 94.2 cm³/mol.